The molecular weight excluding hydrogens is 430 g/mol. The predicted octanol–water partition coefficient (Wildman–Crippen LogP) is 4.83. The third kappa shape index (κ3) is 3.81. The molecule has 0 aromatic heterocycles. The number of hydrogen-bond donors (Lipinski definition) is 1. The van der Waals surface area contributed by atoms with E-state index in [0.717, 1.165) is 12.1 Å². The number of carbonyl (C=O) groups is 2. The van der Waals surface area contributed by atoms with Gasteiger partial charge in [0.25, 0.3) is 5.91 Å². The molecule has 29 heavy (non-hydrogen) atoms. The SMILES string of the molecule is CNC(=O)COc1cc2c(c(Cl)c1Cl)C(=O)[C@@](C)(c1ccc(C(F)(F)F)cc1)C2. The Morgan fingerprint density at radius 1 is 1.21 bits per heavy atom. The Labute approximate surface area is 174 Å². The normalized spacial score (nSPS) is 18.5. The molecule has 2 aromatic rings. The maximum Gasteiger partial charge on any atom is 0.416 e. The lowest BCUT2D eigenvalue weighted by atomic mass is 9.78. The van der Waals surface area contributed by atoms with Gasteiger partial charge >= 0.3 is 6.18 Å². The summed E-state index contributed by atoms with van der Waals surface area (Å²) in [6, 6.07) is 6.03. The van der Waals surface area contributed by atoms with Crippen LogP contribution in [-0.4, -0.2) is 25.3 Å². The molecule has 0 fully saturated rings. The van der Waals surface area contributed by atoms with Gasteiger partial charge in [0.1, 0.15) is 10.8 Å². The van der Waals surface area contributed by atoms with E-state index in [-0.39, 0.29) is 46.1 Å². The van der Waals surface area contributed by atoms with Gasteiger partial charge in [-0.1, -0.05) is 35.3 Å². The van der Waals surface area contributed by atoms with E-state index in [2.05, 4.69) is 5.32 Å². The average Bonchev–Trinajstić information content (AvgIpc) is 2.94. The van der Waals surface area contributed by atoms with Gasteiger partial charge in [0.05, 0.1) is 16.0 Å². The summed E-state index contributed by atoms with van der Waals surface area (Å²) >= 11 is 12.5. The van der Waals surface area contributed by atoms with Crippen molar-refractivity contribution in [1.29, 1.82) is 0 Å². The zero-order valence-electron chi connectivity index (χ0n) is 15.4. The van der Waals surface area contributed by atoms with Crippen LogP contribution in [0.15, 0.2) is 30.3 Å². The van der Waals surface area contributed by atoms with E-state index in [0.29, 0.717) is 11.1 Å². The molecule has 0 heterocycles. The van der Waals surface area contributed by atoms with Gasteiger partial charge in [-0.2, -0.15) is 13.2 Å². The summed E-state index contributed by atoms with van der Waals surface area (Å²) in [5, 5.41) is 2.40. The Morgan fingerprint density at radius 2 is 1.83 bits per heavy atom. The zero-order valence-corrected chi connectivity index (χ0v) is 16.9. The number of ether oxygens (including phenoxy) is 1. The largest absolute Gasteiger partial charge is 0.482 e. The predicted molar refractivity (Wildman–Crippen MR) is 103 cm³/mol. The Bertz CT molecular complexity index is 990. The van der Waals surface area contributed by atoms with Crippen LogP contribution in [0.5, 0.6) is 5.75 Å². The number of nitrogens with one attached hydrogen (secondary N) is 1. The van der Waals surface area contributed by atoms with Crippen LogP contribution in [0.3, 0.4) is 0 Å². The second-order valence-electron chi connectivity index (χ2n) is 6.91. The number of carbonyl (C=O) groups excluding carboxylic acids is 2. The molecule has 1 N–H and O–H groups in total. The highest BCUT2D eigenvalue weighted by atomic mass is 35.5. The number of likely N-dealkylation sites (N-methyl/N-ethyl adjacent to an activating group) is 1. The molecule has 9 heteroatoms. The van der Waals surface area contributed by atoms with Crippen LogP contribution in [0.2, 0.25) is 10.0 Å². The Balaban J connectivity index is 1.97. The van der Waals surface area contributed by atoms with Gasteiger partial charge in [-0.25, -0.2) is 0 Å². The molecule has 0 aliphatic heterocycles. The summed E-state index contributed by atoms with van der Waals surface area (Å²) in [6.45, 7) is 1.36. The molecule has 1 aliphatic rings. The second kappa shape index (κ2) is 7.54. The maximum absolute atomic E-state index is 13.1. The summed E-state index contributed by atoms with van der Waals surface area (Å²) in [7, 11) is 1.46. The van der Waals surface area contributed by atoms with Crippen LogP contribution < -0.4 is 10.1 Å². The van der Waals surface area contributed by atoms with Crippen molar-refractivity contribution in [3.05, 3.63) is 62.6 Å². The lowest BCUT2D eigenvalue weighted by Gasteiger charge is -2.23. The quantitative estimate of drug-likeness (QED) is 0.732. The maximum atomic E-state index is 13.1. The van der Waals surface area contributed by atoms with E-state index >= 15 is 0 Å². The lowest BCUT2D eigenvalue weighted by molar-refractivity contribution is -0.137. The van der Waals surface area contributed by atoms with Crippen molar-refractivity contribution in [2.45, 2.75) is 24.9 Å². The molecule has 0 radical (unpaired) electrons. The number of rotatable bonds is 4. The number of Topliss-reactive ketones (excluding diaryl/α,β-unsaturated/α-hetero) is 1. The minimum atomic E-state index is -4.46. The van der Waals surface area contributed by atoms with Crippen LogP contribution in [0, 0.1) is 0 Å². The summed E-state index contributed by atoms with van der Waals surface area (Å²) in [5.74, 6) is -0.552. The molecular formula is C20H16Cl2F3NO3. The van der Waals surface area contributed by atoms with Crippen LogP contribution in [0.1, 0.15) is 34.0 Å². The third-order valence-corrected chi connectivity index (χ3v) is 5.86. The van der Waals surface area contributed by atoms with Gasteiger partial charge in [-0.3, -0.25) is 9.59 Å². The van der Waals surface area contributed by atoms with Crippen molar-refractivity contribution in [3.8, 4) is 5.75 Å². The molecule has 4 nitrogen and oxygen atoms in total. The number of alkyl halides is 3. The molecule has 1 atom stereocenters. The fourth-order valence-electron chi connectivity index (χ4n) is 3.36. The molecule has 0 saturated carbocycles. The fourth-order valence-corrected chi connectivity index (χ4v) is 3.86. The summed E-state index contributed by atoms with van der Waals surface area (Å²) < 4.78 is 43.9. The highest BCUT2D eigenvalue weighted by Gasteiger charge is 2.45. The first-order valence-corrected chi connectivity index (χ1v) is 9.31. The molecule has 0 spiro atoms. The van der Waals surface area contributed by atoms with Crippen LogP contribution >= 0.6 is 23.2 Å². The van der Waals surface area contributed by atoms with Gasteiger partial charge in [0, 0.05) is 12.6 Å². The van der Waals surface area contributed by atoms with Crippen LogP contribution in [-0.2, 0) is 22.8 Å². The first kappa shape index (κ1) is 21.5. The van der Waals surface area contributed by atoms with E-state index in [9.17, 15) is 22.8 Å². The zero-order chi connectivity index (χ0) is 21.6. The molecule has 1 amide bonds. The lowest BCUT2D eigenvalue weighted by Crippen LogP contribution is -2.29. The van der Waals surface area contributed by atoms with Crippen molar-refractivity contribution < 1.29 is 27.5 Å². The van der Waals surface area contributed by atoms with Crippen molar-refractivity contribution in [2.75, 3.05) is 13.7 Å². The van der Waals surface area contributed by atoms with E-state index in [1.807, 2.05) is 0 Å². The van der Waals surface area contributed by atoms with E-state index < -0.39 is 17.2 Å². The molecule has 2 aromatic carbocycles. The van der Waals surface area contributed by atoms with E-state index in [4.69, 9.17) is 27.9 Å². The summed E-state index contributed by atoms with van der Waals surface area (Å²) in [4.78, 5) is 24.5. The first-order chi connectivity index (χ1) is 13.5. The molecule has 0 saturated heterocycles. The highest BCUT2D eigenvalue weighted by molar-refractivity contribution is 6.45. The first-order valence-electron chi connectivity index (χ1n) is 8.56. The summed E-state index contributed by atoms with van der Waals surface area (Å²) in [5.41, 5.74) is -0.686. The Hall–Kier alpha value is -2.25. The number of halogens is 5. The molecule has 0 unspecified atom stereocenters. The van der Waals surface area contributed by atoms with Gasteiger partial charge in [0.15, 0.2) is 12.4 Å². The summed E-state index contributed by atoms with van der Waals surface area (Å²) in [6.07, 6.45) is -4.25. The molecule has 3 rings (SSSR count). The number of hydrogen-bond acceptors (Lipinski definition) is 3. The second-order valence-corrected chi connectivity index (χ2v) is 7.67. The van der Waals surface area contributed by atoms with Gasteiger partial charge in [-0.15, -0.1) is 0 Å². The van der Waals surface area contributed by atoms with Gasteiger partial charge < -0.3 is 10.1 Å². The van der Waals surface area contributed by atoms with Gasteiger partial charge in [-0.05, 0) is 42.7 Å². The minimum absolute atomic E-state index is 0.000612. The molecule has 154 valence electrons. The molecule has 1 aliphatic carbocycles. The topological polar surface area (TPSA) is 55.4 Å². The average molecular weight is 446 g/mol. The minimum Gasteiger partial charge on any atom is -0.482 e. The monoisotopic (exact) mass is 445 g/mol. The molecule has 0 bridgehead atoms. The fraction of sp³-hybridized carbons (Fsp3) is 0.300. The highest BCUT2D eigenvalue weighted by Crippen LogP contribution is 2.47. The van der Waals surface area contributed by atoms with E-state index in [1.54, 1.807) is 13.0 Å². The van der Waals surface area contributed by atoms with Crippen LogP contribution in [0.25, 0.3) is 0 Å². The van der Waals surface area contributed by atoms with Crippen molar-refractivity contribution in [2.24, 2.45) is 0 Å². The number of benzene rings is 2. The number of ketones is 1. The van der Waals surface area contributed by atoms with Crippen molar-refractivity contribution in [3.63, 3.8) is 0 Å². The number of fused-ring (bicyclic) bond motifs is 1. The Morgan fingerprint density at radius 3 is 2.38 bits per heavy atom. The number of amides is 1. The van der Waals surface area contributed by atoms with Gasteiger partial charge in [0.2, 0.25) is 0 Å². The third-order valence-electron chi connectivity index (χ3n) is 5.01. The van der Waals surface area contributed by atoms with Crippen LogP contribution in [0.4, 0.5) is 13.2 Å². The standard InChI is InChI=1S/C20H16Cl2F3NO3/c1-19(11-3-5-12(6-4-11)20(23,24)25)8-10-7-13(29-9-14(27)26-2)16(21)17(22)15(10)18(19)28/h3-7H,8-9H2,1-2H3,(H,26,27)/t19-/m1/s1. The van der Waals surface area contributed by atoms with Crippen molar-refractivity contribution >= 4 is 34.9 Å². The van der Waals surface area contributed by atoms with Crippen molar-refractivity contribution in [1.82, 2.24) is 5.32 Å². The Kier molecular flexibility index (Phi) is 5.58. The van der Waals surface area contributed by atoms with E-state index in [1.165, 1.54) is 19.2 Å². The smallest absolute Gasteiger partial charge is 0.416 e.